The molecule has 6 aromatic carbocycles. The number of methoxy groups -OCH3 is 4. The molecular weight excluding hydrogens is 965 g/mol. The van der Waals surface area contributed by atoms with Crippen LogP contribution in [0.2, 0.25) is 0 Å². The zero-order valence-corrected chi connectivity index (χ0v) is 44.2. The highest BCUT2D eigenvalue weighted by Crippen LogP contribution is 2.50. The van der Waals surface area contributed by atoms with Crippen LogP contribution in [0.25, 0.3) is 0 Å². The zero-order chi connectivity index (χ0) is 52.6. The maximum atomic E-state index is 14.7. The van der Waals surface area contributed by atoms with Gasteiger partial charge in [-0.15, -0.1) is 0 Å². The molecule has 0 spiro atoms. The number of fused-ring (bicyclic) bond motifs is 1. The van der Waals surface area contributed by atoms with Gasteiger partial charge in [-0.1, -0.05) is 128 Å². The van der Waals surface area contributed by atoms with Gasteiger partial charge in [0.25, 0.3) is 0 Å². The molecule has 6 aromatic rings. The standard InChI is InChI=1S/C61H70N4O9S/c1-70-49-31-23-44(24-32-49)60(43-17-9-7-10-18-43,45-25-33-50(71-2)34-26-45)65-54-42-75-55(57(54)64-59(65)69)21-13-14-22-56(67)63-53(58(68)62-39-15-5-6-16-40-66)41-74-61(46-19-11-8-12-20-46,47-27-35-51(72-3)36-28-47)48-29-37-52(73-4)38-30-48/h7-12,17-20,23-38,53-55,57,66H,5-6,13-16,21-22,39-42H2,1-4H3,(H,62,68)(H,63,67)(H,64,69). The first-order chi connectivity index (χ1) is 36.7. The second-order valence-electron chi connectivity index (χ2n) is 18.9. The Labute approximate surface area is 445 Å². The lowest BCUT2D eigenvalue weighted by Crippen LogP contribution is -2.53. The summed E-state index contributed by atoms with van der Waals surface area (Å²) in [5.41, 5.74) is 3.04. The van der Waals surface area contributed by atoms with Crippen LogP contribution in [0, 0.1) is 0 Å². The van der Waals surface area contributed by atoms with E-state index in [0.717, 1.165) is 82.7 Å². The number of carbonyl (C=O) groups is 3. The number of carbonyl (C=O) groups excluding carboxylic acids is 3. The van der Waals surface area contributed by atoms with Crippen LogP contribution < -0.4 is 34.9 Å². The maximum absolute atomic E-state index is 14.7. The Morgan fingerprint density at radius 2 is 1.09 bits per heavy atom. The van der Waals surface area contributed by atoms with E-state index in [2.05, 4.69) is 33.0 Å². The molecule has 2 heterocycles. The summed E-state index contributed by atoms with van der Waals surface area (Å²) in [5.74, 6) is 2.92. The van der Waals surface area contributed by atoms with E-state index < -0.39 is 17.2 Å². The molecule has 2 saturated heterocycles. The van der Waals surface area contributed by atoms with Crippen LogP contribution in [-0.4, -0.2) is 105 Å². The van der Waals surface area contributed by atoms with Gasteiger partial charge in [-0.3, -0.25) is 9.59 Å². The van der Waals surface area contributed by atoms with Gasteiger partial charge in [0.2, 0.25) is 11.8 Å². The summed E-state index contributed by atoms with van der Waals surface area (Å²) in [6, 6.07) is 49.9. The fraction of sp³-hybridized carbons (Fsp3) is 0.361. The van der Waals surface area contributed by atoms with Crippen molar-refractivity contribution in [2.24, 2.45) is 0 Å². The lowest BCUT2D eigenvalue weighted by Gasteiger charge is -2.45. The van der Waals surface area contributed by atoms with E-state index >= 15 is 0 Å². The molecule has 2 fully saturated rings. The topological polar surface area (TPSA) is 157 Å². The summed E-state index contributed by atoms with van der Waals surface area (Å²) in [7, 11) is 6.53. The number of benzene rings is 6. The third kappa shape index (κ3) is 12.1. The summed E-state index contributed by atoms with van der Waals surface area (Å²) in [5, 5.41) is 18.9. The summed E-state index contributed by atoms with van der Waals surface area (Å²) in [6.45, 7) is 0.398. The SMILES string of the molecule is COc1ccc(C(OCC(NC(=O)CCCCC2SCC3C2NC(=O)N3C(c2ccccc2)(c2ccc(OC)cc2)c2ccc(OC)cc2)C(=O)NCCCCCCO)(c2ccccc2)c2ccc(OC)cc2)cc1. The zero-order valence-electron chi connectivity index (χ0n) is 43.4. The molecule has 4 amide bonds. The van der Waals surface area contributed by atoms with Gasteiger partial charge in [-0.05, 0) is 108 Å². The van der Waals surface area contributed by atoms with E-state index in [1.165, 1.54) is 0 Å². The number of rotatable bonds is 27. The van der Waals surface area contributed by atoms with Gasteiger partial charge in [-0.25, -0.2) is 4.79 Å². The molecule has 0 saturated carbocycles. The van der Waals surface area contributed by atoms with Crippen LogP contribution in [0.1, 0.15) is 84.7 Å². The molecule has 0 radical (unpaired) electrons. The van der Waals surface area contributed by atoms with E-state index in [-0.39, 0.29) is 54.8 Å². The Balaban J connectivity index is 0.992. The smallest absolute Gasteiger partial charge is 0.319 e. The summed E-state index contributed by atoms with van der Waals surface area (Å²) in [4.78, 5) is 45.0. The van der Waals surface area contributed by atoms with Gasteiger partial charge in [0, 0.05) is 30.6 Å². The predicted molar refractivity (Wildman–Crippen MR) is 294 cm³/mol. The Bertz CT molecular complexity index is 2650. The van der Waals surface area contributed by atoms with Crippen molar-refractivity contribution in [3.8, 4) is 23.0 Å². The molecule has 0 aromatic heterocycles. The number of thioether (sulfide) groups is 1. The summed E-state index contributed by atoms with van der Waals surface area (Å²) < 4.78 is 29.3. The normalized spacial score (nSPS) is 16.6. The number of unbranched alkanes of at least 4 members (excludes halogenated alkanes) is 4. The molecule has 4 N–H and O–H groups in total. The fourth-order valence-corrected chi connectivity index (χ4v) is 12.3. The predicted octanol–water partition coefficient (Wildman–Crippen LogP) is 9.61. The van der Waals surface area contributed by atoms with E-state index in [4.69, 9.17) is 23.7 Å². The average molecular weight is 1040 g/mol. The largest absolute Gasteiger partial charge is 0.497 e. The number of hydrogen-bond donors (Lipinski definition) is 4. The van der Waals surface area contributed by atoms with E-state index in [9.17, 15) is 19.5 Å². The Morgan fingerprint density at radius 1 is 0.627 bits per heavy atom. The summed E-state index contributed by atoms with van der Waals surface area (Å²) in [6.07, 6.45) is 5.43. The molecule has 2 aliphatic heterocycles. The molecule has 394 valence electrons. The van der Waals surface area contributed by atoms with Gasteiger partial charge in [0.05, 0.1) is 47.1 Å². The van der Waals surface area contributed by atoms with Crippen molar-refractivity contribution in [2.45, 2.75) is 85.9 Å². The Hall–Kier alpha value is -7.00. The maximum Gasteiger partial charge on any atom is 0.319 e. The Kier molecular flexibility index (Phi) is 18.8. The van der Waals surface area contributed by atoms with E-state index in [0.29, 0.717) is 30.9 Å². The molecule has 0 bridgehead atoms. The molecule has 2 aliphatic rings. The van der Waals surface area contributed by atoms with Crippen molar-refractivity contribution in [3.05, 3.63) is 191 Å². The minimum atomic E-state index is -1.21. The molecular formula is C61H70N4O9S. The average Bonchev–Trinajstić information content (AvgIpc) is 4.03. The van der Waals surface area contributed by atoms with Crippen LogP contribution in [0.15, 0.2) is 158 Å². The molecule has 13 nitrogen and oxygen atoms in total. The van der Waals surface area contributed by atoms with Crippen LogP contribution in [-0.2, 0) is 25.5 Å². The van der Waals surface area contributed by atoms with Gasteiger partial charge in [0.15, 0.2) is 0 Å². The summed E-state index contributed by atoms with van der Waals surface area (Å²) >= 11 is 1.86. The molecule has 8 rings (SSSR count). The highest BCUT2D eigenvalue weighted by molar-refractivity contribution is 8.00. The monoisotopic (exact) mass is 1030 g/mol. The quantitative estimate of drug-likeness (QED) is 0.0223. The van der Waals surface area contributed by atoms with Crippen molar-refractivity contribution < 1.29 is 43.2 Å². The second kappa shape index (κ2) is 26.0. The van der Waals surface area contributed by atoms with Crippen LogP contribution in [0.4, 0.5) is 4.79 Å². The third-order valence-electron chi connectivity index (χ3n) is 14.5. The lowest BCUT2D eigenvalue weighted by molar-refractivity contribution is -0.132. The van der Waals surface area contributed by atoms with Crippen molar-refractivity contribution in [3.63, 3.8) is 0 Å². The minimum Gasteiger partial charge on any atom is -0.497 e. The lowest BCUT2D eigenvalue weighted by atomic mass is 9.74. The number of aliphatic hydroxyl groups excluding tert-OH is 1. The van der Waals surface area contributed by atoms with E-state index in [1.807, 2.05) is 157 Å². The number of nitrogens with zero attached hydrogens (tertiary/aromatic N) is 1. The molecule has 0 aliphatic carbocycles. The van der Waals surface area contributed by atoms with Gasteiger partial charge in [0.1, 0.15) is 40.2 Å². The molecule has 75 heavy (non-hydrogen) atoms. The van der Waals surface area contributed by atoms with Crippen LogP contribution in [0.3, 0.4) is 0 Å². The highest BCUT2D eigenvalue weighted by atomic mass is 32.2. The van der Waals surface area contributed by atoms with Crippen molar-refractivity contribution in [2.75, 3.05) is 54.0 Å². The number of aliphatic hydroxyl groups is 1. The minimum absolute atomic E-state index is 0.110. The second-order valence-corrected chi connectivity index (χ2v) is 20.2. The highest BCUT2D eigenvalue weighted by Gasteiger charge is 2.57. The molecule has 4 atom stereocenters. The number of ether oxygens (including phenoxy) is 5. The number of amides is 4. The first-order valence-corrected chi connectivity index (χ1v) is 27.0. The van der Waals surface area contributed by atoms with Crippen molar-refractivity contribution in [1.82, 2.24) is 20.9 Å². The van der Waals surface area contributed by atoms with Crippen molar-refractivity contribution >= 4 is 29.6 Å². The Morgan fingerprint density at radius 3 is 1.60 bits per heavy atom. The van der Waals surface area contributed by atoms with Gasteiger partial charge in [-0.2, -0.15) is 11.8 Å². The van der Waals surface area contributed by atoms with Gasteiger partial charge < -0.3 is 49.6 Å². The van der Waals surface area contributed by atoms with E-state index in [1.54, 1.807) is 28.4 Å². The fourth-order valence-electron chi connectivity index (χ4n) is 10.7. The first-order valence-electron chi connectivity index (χ1n) is 25.9. The van der Waals surface area contributed by atoms with Crippen LogP contribution in [0.5, 0.6) is 23.0 Å². The number of nitrogens with one attached hydrogen (secondary N) is 3. The number of hydrogen-bond acceptors (Lipinski definition) is 10. The van der Waals surface area contributed by atoms with Gasteiger partial charge >= 0.3 is 6.03 Å². The molecule has 4 unspecified atom stereocenters. The number of urea groups is 1. The third-order valence-corrected chi connectivity index (χ3v) is 16.0. The van der Waals surface area contributed by atoms with Crippen molar-refractivity contribution in [1.29, 1.82) is 0 Å². The first kappa shape index (κ1) is 54.3. The van der Waals surface area contributed by atoms with Crippen LogP contribution >= 0.6 is 11.8 Å². The molecule has 14 heteroatoms.